The lowest BCUT2D eigenvalue weighted by Gasteiger charge is -2.41. The fourth-order valence-electron chi connectivity index (χ4n) is 4.35. The van der Waals surface area contributed by atoms with Gasteiger partial charge in [0.25, 0.3) is 0 Å². The number of piperidine rings is 1. The average molecular weight is 390 g/mol. The van der Waals surface area contributed by atoms with E-state index >= 15 is 0 Å². The van der Waals surface area contributed by atoms with Gasteiger partial charge in [-0.25, -0.2) is 4.78 Å². The predicted octanol–water partition coefficient (Wildman–Crippen LogP) is 5.34. The summed E-state index contributed by atoms with van der Waals surface area (Å²) < 4.78 is 8.09. The normalized spacial score (nSPS) is 28.2. The Morgan fingerprint density at radius 1 is 1.08 bits per heavy atom. The quantitative estimate of drug-likeness (QED) is 0.653. The van der Waals surface area contributed by atoms with E-state index in [1.54, 1.807) is 7.11 Å². The van der Waals surface area contributed by atoms with Gasteiger partial charge in [0.15, 0.2) is 0 Å². The van der Waals surface area contributed by atoms with Crippen molar-refractivity contribution >= 4 is 29.6 Å². The third-order valence-electron chi connectivity index (χ3n) is 5.56. The summed E-state index contributed by atoms with van der Waals surface area (Å²) in [6.07, 6.45) is 3.49. The number of hydrogen-bond acceptors (Lipinski definition) is 4. The zero-order valence-electron chi connectivity index (χ0n) is 15.9. The molecular formula is C20H28N3OPS. The molecule has 140 valence electrons. The number of benzene rings is 1. The molecule has 26 heavy (non-hydrogen) atoms. The molecule has 0 radical (unpaired) electrons. The summed E-state index contributed by atoms with van der Waals surface area (Å²) in [5.74, 6) is 0. The molecule has 1 aromatic carbocycles. The molecule has 4 nitrogen and oxygen atoms in total. The number of para-hydroxylation sites is 1. The monoisotopic (exact) mass is 389 g/mol. The standard InChI is InChI=1S/C20H28N3OPS/c1-20(2)14-17-19(18(15-20)22-12-8-5-9-13-22)25(26,24-3)23(21-17)16-10-6-4-7-11-16/h4,6-7,10-11H,5,8-9,12-15H2,1-3H3. The van der Waals surface area contributed by atoms with Gasteiger partial charge >= 0.3 is 0 Å². The first kappa shape index (κ1) is 18.2. The second-order valence-electron chi connectivity index (χ2n) is 8.24. The molecule has 1 atom stereocenters. The van der Waals surface area contributed by atoms with Crippen LogP contribution in [0.4, 0.5) is 5.69 Å². The van der Waals surface area contributed by atoms with E-state index in [2.05, 4.69) is 30.9 Å². The van der Waals surface area contributed by atoms with Crippen molar-refractivity contribution in [3.8, 4) is 0 Å². The number of hydrazone groups is 1. The van der Waals surface area contributed by atoms with Gasteiger partial charge in [0, 0.05) is 25.9 Å². The van der Waals surface area contributed by atoms with Gasteiger partial charge in [0.05, 0.1) is 16.7 Å². The van der Waals surface area contributed by atoms with Crippen LogP contribution in [-0.2, 0) is 16.3 Å². The van der Waals surface area contributed by atoms with Crippen LogP contribution in [0, 0.1) is 5.41 Å². The van der Waals surface area contributed by atoms with Crippen LogP contribution in [0.5, 0.6) is 0 Å². The first-order valence-corrected chi connectivity index (χ1v) is 12.2. The summed E-state index contributed by atoms with van der Waals surface area (Å²) in [5.41, 5.74) is 3.79. The highest BCUT2D eigenvalue weighted by atomic mass is 32.4. The molecule has 4 rings (SSSR count). The maximum absolute atomic E-state index is 6.21. The van der Waals surface area contributed by atoms with Gasteiger partial charge in [-0.3, -0.25) is 0 Å². The average Bonchev–Trinajstić information content (AvgIpc) is 2.94. The summed E-state index contributed by atoms with van der Waals surface area (Å²) in [5, 5.41) is 6.27. The first-order valence-electron chi connectivity index (χ1n) is 9.53. The van der Waals surface area contributed by atoms with Crippen LogP contribution < -0.4 is 4.78 Å². The maximum Gasteiger partial charge on any atom is 0.209 e. The van der Waals surface area contributed by atoms with Crippen molar-refractivity contribution in [3.63, 3.8) is 0 Å². The Kier molecular flexibility index (Phi) is 4.75. The predicted molar refractivity (Wildman–Crippen MR) is 113 cm³/mol. The van der Waals surface area contributed by atoms with Crippen LogP contribution in [0.15, 0.2) is 46.4 Å². The fourth-order valence-corrected chi connectivity index (χ4v) is 7.56. The Bertz CT molecular complexity index is 797. The Morgan fingerprint density at radius 2 is 1.77 bits per heavy atom. The molecule has 6 heteroatoms. The molecule has 1 aliphatic carbocycles. The molecule has 2 aliphatic heterocycles. The molecule has 2 heterocycles. The van der Waals surface area contributed by atoms with Crippen molar-refractivity contribution in [2.24, 2.45) is 10.5 Å². The highest BCUT2D eigenvalue weighted by molar-refractivity contribution is 8.15. The molecule has 0 spiro atoms. The smallest absolute Gasteiger partial charge is 0.209 e. The second kappa shape index (κ2) is 6.78. The summed E-state index contributed by atoms with van der Waals surface area (Å²) in [7, 11) is 1.76. The first-order chi connectivity index (χ1) is 12.4. The number of rotatable bonds is 3. The highest BCUT2D eigenvalue weighted by Crippen LogP contribution is 2.67. The molecule has 0 saturated carbocycles. The number of nitrogens with zero attached hydrogens (tertiary/aromatic N) is 3. The summed E-state index contributed by atoms with van der Waals surface area (Å²) in [6, 6.07) is 10.3. The second-order valence-corrected chi connectivity index (χ2v) is 12.0. The molecule has 0 bridgehead atoms. The van der Waals surface area contributed by atoms with E-state index in [1.165, 1.54) is 30.3 Å². The van der Waals surface area contributed by atoms with Gasteiger partial charge in [-0.1, -0.05) is 32.0 Å². The topological polar surface area (TPSA) is 28.1 Å². The molecule has 0 N–H and O–H groups in total. The van der Waals surface area contributed by atoms with E-state index in [4.69, 9.17) is 21.4 Å². The van der Waals surface area contributed by atoms with Crippen LogP contribution in [0.3, 0.4) is 0 Å². The fraction of sp³-hybridized carbons (Fsp3) is 0.550. The Hall–Kier alpha value is -1.16. The SMILES string of the molecule is COP1(=S)C2=C(N3CCCCC3)CC(C)(C)CC2=NN1c1ccccc1. The summed E-state index contributed by atoms with van der Waals surface area (Å²) >= 11 is 6.21. The van der Waals surface area contributed by atoms with Crippen LogP contribution >= 0.6 is 6.42 Å². The van der Waals surface area contributed by atoms with Crippen molar-refractivity contribution in [2.75, 3.05) is 25.0 Å². The van der Waals surface area contributed by atoms with Crippen molar-refractivity contribution < 1.29 is 4.52 Å². The van der Waals surface area contributed by atoms with E-state index < -0.39 is 6.42 Å². The van der Waals surface area contributed by atoms with Crippen LogP contribution in [0.1, 0.15) is 46.0 Å². The minimum Gasteiger partial charge on any atom is -0.374 e. The Labute approximate surface area is 162 Å². The minimum absolute atomic E-state index is 0.204. The van der Waals surface area contributed by atoms with Crippen molar-refractivity contribution in [3.05, 3.63) is 41.3 Å². The van der Waals surface area contributed by atoms with Gasteiger partial charge in [0.1, 0.15) is 0 Å². The zero-order valence-corrected chi connectivity index (χ0v) is 17.7. The third kappa shape index (κ3) is 3.04. The van der Waals surface area contributed by atoms with Crippen LogP contribution in [0.2, 0.25) is 0 Å². The van der Waals surface area contributed by atoms with E-state index in [0.717, 1.165) is 37.3 Å². The lowest BCUT2D eigenvalue weighted by molar-refractivity contribution is 0.240. The number of likely N-dealkylation sites (tertiary alicyclic amines) is 1. The van der Waals surface area contributed by atoms with Gasteiger partial charge in [-0.05, 0) is 61.5 Å². The van der Waals surface area contributed by atoms with Crippen molar-refractivity contribution in [1.82, 2.24) is 4.90 Å². The Balaban J connectivity index is 1.86. The van der Waals surface area contributed by atoms with E-state index in [9.17, 15) is 0 Å². The van der Waals surface area contributed by atoms with E-state index in [-0.39, 0.29) is 5.41 Å². The van der Waals surface area contributed by atoms with Crippen molar-refractivity contribution in [1.29, 1.82) is 0 Å². The molecule has 0 aromatic heterocycles. The van der Waals surface area contributed by atoms with E-state index in [1.807, 2.05) is 23.0 Å². The lowest BCUT2D eigenvalue weighted by Crippen LogP contribution is -2.36. The lowest BCUT2D eigenvalue weighted by atomic mass is 9.78. The Morgan fingerprint density at radius 3 is 2.42 bits per heavy atom. The number of anilines is 1. The van der Waals surface area contributed by atoms with Crippen molar-refractivity contribution in [2.45, 2.75) is 46.0 Å². The van der Waals surface area contributed by atoms with Gasteiger partial charge in [-0.2, -0.15) is 5.10 Å². The summed E-state index contributed by atoms with van der Waals surface area (Å²) in [6.45, 7) is 6.95. The molecular weight excluding hydrogens is 361 g/mol. The zero-order chi connectivity index (χ0) is 18.4. The number of allylic oxidation sites excluding steroid dienone is 2. The molecule has 1 aromatic rings. The number of fused-ring (bicyclic) bond motifs is 1. The molecule has 1 saturated heterocycles. The molecule has 1 unspecified atom stereocenters. The third-order valence-corrected chi connectivity index (χ3v) is 9.41. The number of hydrogen-bond donors (Lipinski definition) is 0. The molecule has 0 amide bonds. The van der Waals surface area contributed by atoms with Gasteiger partial charge < -0.3 is 9.42 Å². The molecule has 3 aliphatic rings. The summed E-state index contributed by atoms with van der Waals surface area (Å²) in [4.78, 5) is 2.57. The van der Waals surface area contributed by atoms with Crippen LogP contribution in [0.25, 0.3) is 0 Å². The van der Waals surface area contributed by atoms with Crippen LogP contribution in [-0.4, -0.2) is 30.8 Å². The highest BCUT2D eigenvalue weighted by Gasteiger charge is 2.47. The van der Waals surface area contributed by atoms with Gasteiger partial charge in [0.2, 0.25) is 6.42 Å². The minimum atomic E-state index is -2.39. The largest absolute Gasteiger partial charge is 0.374 e. The maximum atomic E-state index is 6.21. The molecule has 1 fully saturated rings. The van der Waals surface area contributed by atoms with Gasteiger partial charge in [-0.15, -0.1) is 0 Å². The van der Waals surface area contributed by atoms with E-state index in [0.29, 0.717) is 0 Å².